The van der Waals surface area contributed by atoms with Crippen LogP contribution >= 0.6 is 0 Å². The van der Waals surface area contributed by atoms with Gasteiger partial charge in [0.25, 0.3) is 0 Å². The number of rotatable bonds is 5. The molecule has 6 heteroatoms. The zero-order chi connectivity index (χ0) is 14.1. The van der Waals surface area contributed by atoms with Gasteiger partial charge in [-0.05, 0) is 19.4 Å². The Morgan fingerprint density at radius 1 is 1.06 bits per heavy atom. The van der Waals surface area contributed by atoms with Gasteiger partial charge in [-0.15, -0.1) is 0 Å². The smallest absolute Gasteiger partial charge is 0.345 e. The lowest BCUT2D eigenvalue weighted by Gasteiger charge is -2.04. The first-order valence-electron chi connectivity index (χ1n) is 5.13. The second kappa shape index (κ2) is 8.05. The van der Waals surface area contributed by atoms with E-state index in [1.165, 1.54) is 0 Å². The molecule has 0 aliphatic carbocycles. The first-order valence-corrected chi connectivity index (χ1v) is 5.13. The molecular weight excluding hydrogens is 240 g/mol. The van der Waals surface area contributed by atoms with Gasteiger partial charge in [0.2, 0.25) is 0 Å². The van der Waals surface area contributed by atoms with Gasteiger partial charge in [0, 0.05) is 6.08 Å². The maximum atomic E-state index is 11.4. The Hall–Kier alpha value is -2.11. The predicted molar refractivity (Wildman–Crippen MR) is 62.5 cm³/mol. The van der Waals surface area contributed by atoms with Gasteiger partial charge in [0.1, 0.15) is 6.61 Å². The molecule has 0 fully saturated rings. The lowest BCUT2D eigenvalue weighted by molar-refractivity contribution is -0.145. The summed E-state index contributed by atoms with van der Waals surface area (Å²) in [5.41, 5.74) is 0.331. The fourth-order valence-electron chi connectivity index (χ4n) is 0.849. The van der Waals surface area contributed by atoms with E-state index >= 15 is 0 Å². The molecule has 0 saturated heterocycles. The molecule has 0 heterocycles. The Morgan fingerprint density at radius 3 is 1.94 bits per heavy atom. The summed E-state index contributed by atoms with van der Waals surface area (Å²) >= 11 is 0. The summed E-state index contributed by atoms with van der Waals surface area (Å²) < 4.78 is 13.5. The third-order valence-electron chi connectivity index (χ3n) is 2.01. The van der Waals surface area contributed by atoms with E-state index in [0.29, 0.717) is 0 Å². The van der Waals surface area contributed by atoms with Crippen molar-refractivity contribution in [2.75, 3.05) is 20.8 Å². The molecule has 0 unspecified atom stereocenters. The molecule has 0 atom stereocenters. The van der Waals surface area contributed by atoms with Gasteiger partial charge in [0.15, 0.2) is 5.57 Å². The maximum Gasteiger partial charge on any atom is 0.345 e. The number of hydrogen-bond acceptors (Lipinski definition) is 6. The second-order valence-electron chi connectivity index (χ2n) is 3.28. The highest BCUT2D eigenvalue weighted by Crippen LogP contribution is 2.02. The van der Waals surface area contributed by atoms with E-state index in [2.05, 4.69) is 9.47 Å². The van der Waals surface area contributed by atoms with Crippen LogP contribution in [0.5, 0.6) is 0 Å². The van der Waals surface area contributed by atoms with Crippen molar-refractivity contribution in [3.05, 3.63) is 23.3 Å². The van der Waals surface area contributed by atoms with Crippen LogP contribution in [0.1, 0.15) is 13.8 Å². The molecule has 0 spiro atoms. The molecule has 0 radical (unpaired) electrons. The molecule has 0 aromatic heterocycles. The van der Waals surface area contributed by atoms with Crippen molar-refractivity contribution in [3.8, 4) is 0 Å². The van der Waals surface area contributed by atoms with E-state index in [0.717, 1.165) is 25.9 Å². The first kappa shape index (κ1) is 15.9. The topological polar surface area (TPSA) is 78.9 Å². The molecule has 0 aromatic rings. The molecule has 0 bridgehead atoms. The molecule has 0 amide bonds. The summed E-state index contributed by atoms with van der Waals surface area (Å²) in [7, 11) is 2.18. The minimum Gasteiger partial charge on any atom is -0.465 e. The molecule has 0 rings (SSSR count). The highest BCUT2D eigenvalue weighted by atomic mass is 16.5. The van der Waals surface area contributed by atoms with Crippen molar-refractivity contribution in [1.82, 2.24) is 0 Å². The van der Waals surface area contributed by atoms with Gasteiger partial charge in [-0.1, -0.05) is 6.08 Å². The standard InChI is InChI=1S/C12H16O6/c1-5-8(2)7-18-10(13)6-9(11(14)16-3)12(15)17-4/h5-6H,7H2,1-4H3/b8-5-. The third-order valence-corrected chi connectivity index (χ3v) is 2.01. The van der Waals surface area contributed by atoms with Crippen molar-refractivity contribution in [2.45, 2.75) is 13.8 Å². The average molecular weight is 256 g/mol. The van der Waals surface area contributed by atoms with Crippen LogP contribution in [0.25, 0.3) is 0 Å². The number of esters is 3. The van der Waals surface area contributed by atoms with E-state index in [9.17, 15) is 14.4 Å². The van der Waals surface area contributed by atoms with Gasteiger partial charge in [-0.2, -0.15) is 0 Å². The minimum absolute atomic E-state index is 0.0848. The lowest BCUT2D eigenvalue weighted by Crippen LogP contribution is -2.18. The van der Waals surface area contributed by atoms with Gasteiger partial charge in [0.05, 0.1) is 14.2 Å². The van der Waals surface area contributed by atoms with Crippen LogP contribution in [-0.4, -0.2) is 38.7 Å². The van der Waals surface area contributed by atoms with Crippen LogP contribution in [0.15, 0.2) is 23.3 Å². The largest absolute Gasteiger partial charge is 0.465 e. The van der Waals surface area contributed by atoms with Gasteiger partial charge >= 0.3 is 17.9 Å². The summed E-state index contributed by atoms with van der Waals surface area (Å²) in [6, 6.07) is 0. The Kier molecular flexibility index (Phi) is 7.11. The molecule has 0 aliphatic rings. The average Bonchev–Trinajstić information content (AvgIpc) is 2.40. The number of allylic oxidation sites excluding steroid dienone is 1. The van der Waals surface area contributed by atoms with Crippen LogP contribution in [0.2, 0.25) is 0 Å². The van der Waals surface area contributed by atoms with Crippen LogP contribution in [0.4, 0.5) is 0 Å². The molecule has 6 nitrogen and oxygen atoms in total. The highest BCUT2D eigenvalue weighted by Gasteiger charge is 2.21. The predicted octanol–water partition coefficient (Wildman–Crippen LogP) is 0.768. The van der Waals surface area contributed by atoms with E-state index in [-0.39, 0.29) is 6.61 Å². The molecule has 0 saturated carbocycles. The highest BCUT2D eigenvalue weighted by molar-refractivity contribution is 6.17. The summed E-state index contributed by atoms with van der Waals surface area (Å²) in [5.74, 6) is -2.73. The maximum absolute atomic E-state index is 11.4. The molecule has 100 valence electrons. The molecule has 0 N–H and O–H groups in total. The molecular formula is C12H16O6. The zero-order valence-corrected chi connectivity index (χ0v) is 10.8. The third kappa shape index (κ3) is 5.29. The van der Waals surface area contributed by atoms with Crippen molar-refractivity contribution in [2.24, 2.45) is 0 Å². The Balaban J connectivity index is 4.80. The van der Waals surface area contributed by atoms with Gasteiger partial charge < -0.3 is 14.2 Å². The van der Waals surface area contributed by atoms with E-state index in [1.54, 1.807) is 19.9 Å². The monoisotopic (exact) mass is 256 g/mol. The Labute approximate surface area is 105 Å². The van der Waals surface area contributed by atoms with E-state index < -0.39 is 23.5 Å². The summed E-state index contributed by atoms with van der Waals surface area (Å²) in [6.07, 6.45) is 2.53. The zero-order valence-electron chi connectivity index (χ0n) is 10.8. The Morgan fingerprint density at radius 2 is 1.56 bits per heavy atom. The fraction of sp³-hybridized carbons (Fsp3) is 0.417. The first-order chi connectivity index (χ1) is 8.46. The number of carbonyl (C=O) groups is 3. The molecule has 0 aliphatic heterocycles. The van der Waals surface area contributed by atoms with Crippen molar-refractivity contribution < 1.29 is 28.6 Å². The normalized spacial score (nSPS) is 10.3. The van der Waals surface area contributed by atoms with Gasteiger partial charge in [-0.25, -0.2) is 14.4 Å². The van der Waals surface area contributed by atoms with Crippen LogP contribution in [0.3, 0.4) is 0 Å². The SMILES string of the molecule is C/C=C(/C)COC(=O)C=C(C(=O)OC)C(=O)OC. The van der Waals surface area contributed by atoms with E-state index in [4.69, 9.17) is 4.74 Å². The summed E-state index contributed by atoms with van der Waals surface area (Å²) in [4.78, 5) is 33.8. The number of ether oxygens (including phenoxy) is 3. The van der Waals surface area contributed by atoms with Crippen molar-refractivity contribution >= 4 is 17.9 Å². The number of hydrogen-bond donors (Lipinski definition) is 0. The summed E-state index contributed by atoms with van der Waals surface area (Å²) in [6.45, 7) is 3.66. The quantitative estimate of drug-likeness (QED) is 0.180. The van der Waals surface area contributed by atoms with E-state index in [1.807, 2.05) is 0 Å². The van der Waals surface area contributed by atoms with Crippen LogP contribution in [-0.2, 0) is 28.6 Å². The summed E-state index contributed by atoms with van der Waals surface area (Å²) in [5, 5.41) is 0. The van der Waals surface area contributed by atoms with Crippen LogP contribution < -0.4 is 0 Å². The molecule has 18 heavy (non-hydrogen) atoms. The molecule has 0 aromatic carbocycles. The fourth-order valence-corrected chi connectivity index (χ4v) is 0.849. The number of methoxy groups -OCH3 is 2. The van der Waals surface area contributed by atoms with Gasteiger partial charge in [-0.3, -0.25) is 0 Å². The second-order valence-corrected chi connectivity index (χ2v) is 3.28. The number of carbonyl (C=O) groups excluding carboxylic acids is 3. The minimum atomic E-state index is -0.957. The lowest BCUT2D eigenvalue weighted by atomic mass is 10.2. The van der Waals surface area contributed by atoms with Crippen molar-refractivity contribution in [3.63, 3.8) is 0 Å². The Bertz CT molecular complexity index is 373. The van der Waals surface area contributed by atoms with Crippen LogP contribution in [0, 0.1) is 0 Å². The van der Waals surface area contributed by atoms with Crippen molar-refractivity contribution in [1.29, 1.82) is 0 Å².